The number of hydrogen-bond donors (Lipinski definition) is 3. The van der Waals surface area contributed by atoms with Crippen molar-refractivity contribution in [2.24, 2.45) is 0 Å². The Hall–Kier alpha value is -3.90. The van der Waals surface area contributed by atoms with Gasteiger partial charge >= 0.3 is 6.03 Å². The number of carbonyl (C=O) groups is 1. The smallest absolute Gasteiger partial charge is 0.324 e. The van der Waals surface area contributed by atoms with Gasteiger partial charge in [-0.1, -0.05) is 35.9 Å². The Labute approximate surface area is 179 Å². The second-order valence-electron chi connectivity index (χ2n) is 6.44. The number of amides is 2. The Kier molecular flexibility index (Phi) is 5.87. The minimum atomic E-state index is -0.400. The van der Waals surface area contributed by atoms with Gasteiger partial charge in [0, 0.05) is 28.8 Å². The Morgan fingerprint density at radius 2 is 1.37 bits per heavy atom. The summed E-state index contributed by atoms with van der Waals surface area (Å²) in [5.41, 5.74) is 3.41. The molecule has 148 valence electrons. The van der Waals surface area contributed by atoms with Crippen LogP contribution >= 0.6 is 11.6 Å². The molecule has 2 aromatic heterocycles. The van der Waals surface area contributed by atoms with Crippen LogP contribution in [-0.4, -0.2) is 16.0 Å². The normalized spacial score (nSPS) is 10.3. The average Bonchev–Trinajstić information content (AvgIpc) is 2.75. The van der Waals surface area contributed by atoms with Gasteiger partial charge in [-0.3, -0.25) is 5.32 Å². The zero-order chi connectivity index (χ0) is 20.8. The summed E-state index contributed by atoms with van der Waals surface area (Å²) in [7, 11) is 0. The number of halogens is 1. The molecule has 0 bridgehead atoms. The molecule has 2 aromatic carbocycles. The second kappa shape index (κ2) is 9.07. The fraction of sp³-hybridized carbons (Fsp3) is 0. The average molecular weight is 416 g/mol. The lowest BCUT2D eigenvalue weighted by Crippen LogP contribution is -2.20. The van der Waals surface area contributed by atoms with Crippen molar-refractivity contribution in [1.82, 2.24) is 9.97 Å². The Morgan fingerprint density at radius 1 is 0.700 bits per heavy atom. The van der Waals surface area contributed by atoms with E-state index in [1.54, 1.807) is 42.7 Å². The number of pyridine rings is 2. The van der Waals surface area contributed by atoms with Crippen LogP contribution in [0.25, 0.3) is 11.1 Å². The van der Waals surface area contributed by atoms with Gasteiger partial charge in [0.15, 0.2) is 0 Å². The number of para-hydroxylation sites is 1. The van der Waals surface area contributed by atoms with E-state index in [4.69, 9.17) is 11.6 Å². The number of aromatic nitrogens is 2. The maximum atomic E-state index is 12.3. The summed E-state index contributed by atoms with van der Waals surface area (Å²) in [6, 6.07) is 23.9. The molecule has 2 amide bonds. The Balaban J connectivity index is 1.48. The molecule has 0 saturated carbocycles. The van der Waals surface area contributed by atoms with Crippen molar-refractivity contribution in [1.29, 1.82) is 0 Å². The number of nitrogens with zero attached hydrogens (tertiary/aromatic N) is 2. The molecular weight excluding hydrogens is 398 g/mol. The number of hydrogen-bond acceptors (Lipinski definition) is 4. The quantitative estimate of drug-likeness (QED) is 0.363. The third kappa shape index (κ3) is 5.12. The molecule has 2 heterocycles. The van der Waals surface area contributed by atoms with E-state index in [-0.39, 0.29) is 0 Å². The molecule has 4 aromatic rings. The maximum Gasteiger partial charge on any atom is 0.324 e. The topological polar surface area (TPSA) is 78.9 Å². The predicted octanol–water partition coefficient (Wildman–Crippen LogP) is 6.18. The lowest BCUT2D eigenvalue weighted by molar-refractivity contribution is 0.262. The highest BCUT2D eigenvalue weighted by molar-refractivity contribution is 6.30. The molecule has 30 heavy (non-hydrogen) atoms. The molecule has 7 heteroatoms. The van der Waals surface area contributed by atoms with Crippen LogP contribution in [0.15, 0.2) is 91.3 Å². The number of urea groups is 1. The van der Waals surface area contributed by atoms with Gasteiger partial charge in [-0.2, -0.15) is 0 Å². The summed E-state index contributed by atoms with van der Waals surface area (Å²) >= 11 is 5.95. The van der Waals surface area contributed by atoms with Crippen molar-refractivity contribution in [3.8, 4) is 11.1 Å². The van der Waals surface area contributed by atoms with Gasteiger partial charge in [-0.15, -0.1) is 0 Å². The number of nitrogens with one attached hydrogen (secondary N) is 3. The molecule has 0 saturated heterocycles. The molecule has 0 spiro atoms. The Bertz CT molecular complexity index is 1170. The number of anilines is 4. The van der Waals surface area contributed by atoms with Crippen molar-refractivity contribution >= 4 is 40.6 Å². The minimum Gasteiger partial charge on any atom is -0.340 e. The van der Waals surface area contributed by atoms with Gasteiger partial charge < -0.3 is 10.6 Å². The van der Waals surface area contributed by atoms with E-state index in [0.29, 0.717) is 16.5 Å². The van der Waals surface area contributed by atoms with Crippen LogP contribution in [-0.2, 0) is 0 Å². The lowest BCUT2D eigenvalue weighted by Gasteiger charge is -2.10. The molecule has 0 radical (unpaired) electrons. The van der Waals surface area contributed by atoms with Crippen LogP contribution in [0, 0.1) is 0 Å². The first kappa shape index (κ1) is 19.4. The van der Waals surface area contributed by atoms with Crippen molar-refractivity contribution in [3.63, 3.8) is 0 Å². The summed E-state index contributed by atoms with van der Waals surface area (Å²) in [4.78, 5) is 20.9. The SMILES string of the molecule is O=C(Nc1cccc(Cl)c1)Nc1cc(-c2ccnc(Nc3ccccc3)c2)ccn1. The van der Waals surface area contributed by atoms with Crippen LogP contribution < -0.4 is 16.0 Å². The first-order valence-corrected chi connectivity index (χ1v) is 9.62. The van der Waals surface area contributed by atoms with Gasteiger partial charge in [-0.05, 0) is 65.7 Å². The van der Waals surface area contributed by atoms with E-state index in [1.807, 2.05) is 48.5 Å². The molecule has 3 N–H and O–H groups in total. The summed E-state index contributed by atoms with van der Waals surface area (Å²) in [5, 5.41) is 9.29. The number of benzene rings is 2. The van der Waals surface area contributed by atoms with Crippen molar-refractivity contribution in [3.05, 3.63) is 96.3 Å². The zero-order valence-corrected chi connectivity index (χ0v) is 16.6. The van der Waals surface area contributed by atoms with Gasteiger partial charge in [0.1, 0.15) is 11.6 Å². The minimum absolute atomic E-state index is 0.400. The number of rotatable bonds is 5. The van der Waals surface area contributed by atoms with E-state index in [2.05, 4.69) is 25.9 Å². The zero-order valence-electron chi connectivity index (χ0n) is 15.8. The summed E-state index contributed by atoms with van der Waals surface area (Å²) in [6.07, 6.45) is 3.38. The molecule has 0 aliphatic rings. The van der Waals surface area contributed by atoms with Crippen LogP contribution in [0.3, 0.4) is 0 Å². The van der Waals surface area contributed by atoms with Crippen LogP contribution in [0.4, 0.5) is 27.8 Å². The van der Waals surface area contributed by atoms with Crippen LogP contribution in [0.1, 0.15) is 0 Å². The van der Waals surface area contributed by atoms with Crippen molar-refractivity contribution in [2.45, 2.75) is 0 Å². The first-order valence-electron chi connectivity index (χ1n) is 9.24. The van der Waals surface area contributed by atoms with Gasteiger partial charge in [0.2, 0.25) is 0 Å². The molecule has 0 unspecified atom stereocenters. The van der Waals surface area contributed by atoms with E-state index >= 15 is 0 Å². The molecular formula is C23H18ClN5O. The van der Waals surface area contributed by atoms with Crippen molar-refractivity contribution < 1.29 is 4.79 Å². The molecule has 0 aliphatic heterocycles. The fourth-order valence-corrected chi connectivity index (χ4v) is 3.06. The van der Waals surface area contributed by atoms with Gasteiger partial charge in [-0.25, -0.2) is 14.8 Å². The third-order valence-corrected chi connectivity index (χ3v) is 4.46. The highest BCUT2D eigenvalue weighted by Crippen LogP contribution is 2.24. The monoisotopic (exact) mass is 415 g/mol. The lowest BCUT2D eigenvalue weighted by atomic mass is 10.1. The van der Waals surface area contributed by atoms with E-state index in [0.717, 1.165) is 22.6 Å². The highest BCUT2D eigenvalue weighted by atomic mass is 35.5. The summed E-state index contributed by atoms with van der Waals surface area (Å²) in [6.45, 7) is 0. The predicted molar refractivity (Wildman–Crippen MR) is 121 cm³/mol. The number of carbonyl (C=O) groups excluding carboxylic acids is 1. The molecule has 6 nitrogen and oxygen atoms in total. The van der Waals surface area contributed by atoms with E-state index in [9.17, 15) is 4.79 Å². The standard InChI is InChI=1S/C23H18ClN5O/c24-18-5-4-8-20(15-18)28-23(30)29-22-14-17(10-12-26-22)16-9-11-25-21(13-16)27-19-6-2-1-3-7-19/h1-15H,(H,25,27)(H2,26,28,29,30). The van der Waals surface area contributed by atoms with Gasteiger partial charge in [0.25, 0.3) is 0 Å². The first-order chi connectivity index (χ1) is 14.7. The van der Waals surface area contributed by atoms with E-state index < -0.39 is 6.03 Å². The van der Waals surface area contributed by atoms with E-state index in [1.165, 1.54) is 0 Å². The van der Waals surface area contributed by atoms with Gasteiger partial charge in [0.05, 0.1) is 0 Å². The maximum absolute atomic E-state index is 12.3. The second-order valence-corrected chi connectivity index (χ2v) is 6.88. The molecule has 4 rings (SSSR count). The fourth-order valence-electron chi connectivity index (χ4n) is 2.87. The van der Waals surface area contributed by atoms with Crippen molar-refractivity contribution in [2.75, 3.05) is 16.0 Å². The molecule has 0 fully saturated rings. The summed E-state index contributed by atoms with van der Waals surface area (Å²) in [5.74, 6) is 1.16. The molecule has 0 atom stereocenters. The third-order valence-electron chi connectivity index (χ3n) is 4.22. The largest absolute Gasteiger partial charge is 0.340 e. The van der Waals surface area contributed by atoms with Crippen LogP contribution in [0.2, 0.25) is 5.02 Å². The van der Waals surface area contributed by atoms with Crippen LogP contribution in [0.5, 0.6) is 0 Å². The highest BCUT2D eigenvalue weighted by Gasteiger charge is 2.07. The Morgan fingerprint density at radius 3 is 2.10 bits per heavy atom. The molecule has 0 aliphatic carbocycles. The summed E-state index contributed by atoms with van der Waals surface area (Å²) < 4.78 is 0.